The Morgan fingerprint density at radius 2 is 1.77 bits per heavy atom. The summed E-state index contributed by atoms with van der Waals surface area (Å²) in [5.74, 6) is -0.254. The number of nitrogens with zero attached hydrogens (tertiary/aromatic N) is 1. The summed E-state index contributed by atoms with van der Waals surface area (Å²) in [5, 5.41) is 4.43. The van der Waals surface area contributed by atoms with Gasteiger partial charge in [0.1, 0.15) is 16.8 Å². The van der Waals surface area contributed by atoms with Crippen molar-refractivity contribution in [3.63, 3.8) is 0 Å². The van der Waals surface area contributed by atoms with Crippen molar-refractivity contribution in [2.75, 3.05) is 13.1 Å². The minimum atomic E-state index is -1.16. The quantitative estimate of drug-likeness (QED) is 0.738. The molecule has 2 heterocycles. The van der Waals surface area contributed by atoms with Crippen LogP contribution in [0.2, 0.25) is 0 Å². The third kappa shape index (κ3) is 3.32. The van der Waals surface area contributed by atoms with Crippen LogP contribution in [0.4, 0.5) is 4.39 Å². The second kappa shape index (κ2) is 6.95. The highest BCUT2D eigenvalue weighted by Gasteiger charge is 2.25. The van der Waals surface area contributed by atoms with Crippen LogP contribution in [0.15, 0.2) is 53.6 Å². The molecule has 3 unspecified atom stereocenters. The van der Waals surface area contributed by atoms with Gasteiger partial charge in [-0.25, -0.2) is 12.9 Å². The summed E-state index contributed by atoms with van der Waals surface area (Å²) in [6.07, 6.45) is 1.88. The van der Waals surface area contributed by atoms with Crippen LogP contribution in [0, 0.1) is 5.82 Å². The number of fused-ring (bicyclic) bond motifs is 1. The molecule has 0 saturated carbocycles. The van der Waals surface area contributed by atoms with Gasteiger partial charge in [0.15, 0.2) is 0 Å². The second-order valence-corrected chi connectivity index (χ2v) is 8.47. The SMILES string of the molecule is CC1CN(S(=O)c2ccc(-c3c[nH]c4cc(F)ccc34)cc2)CC(C)N1. The summed E-state index contributed by atoms with van der Waals surface area (Å²) in [6, 6.07) is 13.2. The van der Waals surface area contributed by atoms with Crippen LogP contribution in [0.3, 0.4) is 0 Å². The van der Waals surface area contributed by atoms with E-state index >= 15 is 0 Å². The third-order valence-electron chi connectivity index (χ3n) is 4.77. The van der Waals surface area contributed by atoms with Crippen molar-refractivity contribution in [1.29, 1.82) is 0 Å². The fourth-order valence-electron chi connectivity index (χ4n) is 3.65. The molecule has 1 fully saturated rings. The van der Waals surface area contributed by atoms with Crippen molar-refractivity contribution in [3.05, 3.63) is 54.5 Å². The highest BCUT2D eigenvalue weighted by Crippen LogP contribution is 2.29. The van der Waals surface area contributed by atoms with E-state index in [9.17, 15) is 8.60 Å². The average Bonchev–Trinajstić information content (AvgIpc) is 3.03. The van der Waals surface area contributed by atoms with Gasteiger partial charge < -0.3 is 10.3 Å². The van der Waals surface area contributed by atoms with Gasteiger partial charge in [-0.15, -0.1) is 0 Å². The smallest absolute Gasteiger partial charge is 0.127 e. The second-order valence-electron chi connectivity index (χ2n) is 6.98. The van der Waals surface area contributed by atoms with E-state index < -0.39 is 11.0 Å². The molecule has 1 aliphatic heterocycles. The Balaban J connectivity index is 1.59. The van der Waals surface area contributed by atoms with Gasteiger partial charge in [0, 0.05) is 47.8 Å². The van der Waals surface area contributed by atoms with E-state index in [1.807, 2.05) is 34.8 Å². The van der Waals surface area contributed by atoms with Gasteiger partial charge in [0.25, 0.3) is 0 Å². The summed E-state index contributed by atoms with van der Waals surface area (Å²) in [5.41, 5.74) is 2.81. The lowest BCUT2D eigenvalue weighted by Gasteiger charge is -2.34. The topological polar surface area (TPSA) is 48.1 Å². The Hall–Kier alpha value is -2.02. The largest absolute Gasteiger partial charge is 0.360 e. The highest BCUT2D eigenvalue weighted by atomic mass is 32.2. The lowest BCUT2D eigenvalue weighted by molar-refractivity contribution is 0.272. The van der Waals surface area contributed by atoms with Crippen LogP contribution in [0.1, 0.15) is 13.8 Å². The molecule has 2 aromatic carbocycles. The zero-order valence-electron chi connectivity index (χ0n) is 14.8. The predicted molar refractivity (Wildman–Crippen MR) is 104 cm³/mol. The molecule has 0 amide bonds. The predicted octanol–water partition coefficient (Wildman–Crippen LogP) is 3.68. The van der Waals surface area contributed by atoms with Crippen molar-refractivity contribution in [3.8, 4) is 11.1 Å². The third-order valence-corrected chi connectivity index (χ3v) is 6.21. The molecule has 2 N–H and O–H groups in total. The average molecular weight is 371 g/mol. The van der Waals surface area contributed by atoms with E-state index in [0.29, 0.717) is 12.1 Å². The first-order chi connectivity index (χ1) is 12.5. The van der Waals surface area contributed by atoms with E-state index in [2.05, 4.69) is 24.1 Å². The van der Waals surface area contributed by atoms with Crippen LogP contribution in [-0.2, 0) is 11.0 Å². The van der Waals surface area contributed by atoms with Crippen molar-refractivity contribution in [1.82, 2.24) is 14.6 Å². The molecular weight excluding hydrogens is 349 g/mol. The monoisotopic (exact) mass is 371 g/mol. The molecular formula is C20H22FN3OS. The standard InChI is InChI=1S/C20H22FN3OS/c1-13-11-24(12-14(2)23-13)26(25)17-6-3-15(4-7-17)19-10-22-20-9-16(21)5-8-18(19)20/h3-10,13-14,22-23H,11-12H2,1-2H3. The molecule has 1 aliphatic rings. The first-order valence-corrected chi connectivity index (χ1v) is 9.92. The fourth-order valence-corrected chi connectivity index (χ4v) is 5.03. The normalized spacial score (nSPS) is 22.6. The van der Waals surface area contributed by atoms with Gasteiger partial charge in [-0.3, -0.25) is 0 Å². The number of aromatic amines is 1. The van der Waals surface area contributed by atoms with Crippen molar-refractivity contribution < 1.29 is 8.60 Å². The van der Waals surface area contributed by atoms with Crippen molar-refractivity contribution in [2.45, 2.75) is 30.8 Å². The zero-order valence-corrected chi connectivity index (χ0v) is 15.6. The number of benzene rings is 2. The maximum Gasteiger partial charge on any atom is 0.127 e. The molecule has 0 radical (unpaired) electrons. The molecule has 136 valence electrons. The summed E-state index contributed by atoms with van der Waals surface area (Å²) in [6.45, 7) is 5.77. The van der Waals surface area contributed by atoms with Crippen LogP contribution < -0.4 is 5.32 Å². The van der Waals surface area contributed by atoms with Crippen molar-refractivity contribution >= 4 is 21.9 Å². The van der Waals surface area contributed by atoms with E-state index in [4.69, 9.17) is 0 Å². The molecule has 4 rings (SSSR count). The molecule has 0 spiro atoms. The van der Waals surface area contributed by atoms with E-state index in [1.54, 1.807) is 6.07 Å². The number of piperazine rings is 1. The molecule has 3 aromatic rings. The number of hydrogen-bond acceptors (Lipinski definition) is 2. The molecule has 1 saturated heterocycles. The summed E-state index contributed by atoms with van der Waals surface area (Å²) in [4.78, 5) is 3.92. The Kier molecular flexibility index (Phi) is 4.65. The number of halogens is 1. The Morgan fingerprint density at radius 3 is 2.46 bits per heavy atom. The van der Waals surface area contributed by atoms with E-state index in [0.717, 1.165) is 40.0 Å². The minimum Gasteiger partial charge on any atom is -0.360 e. The zero-order chi connectivity index (χ0) is 18.3. The lowest BCUT2D eigenvalue weighted by atomic mass is 10.1. The maximum absolute atomic E-state index is 13.4. The maximum atomic E-state index is 13.4. The van der Waals surface area contributed by atoms with Gasteiger partial charge in [-0.1, -0.05) is 12.1 Å². The highest BCUT2D eigenvalue weighted by molar-refractivity contribution is 7.82. The molecule has 3 atom stereocenters. The van der Waals surface area contributed by atoms with Gasteiger partial charge in [0.2, 0.25) is 0 Å². The van der Waals surface area contributed by atoms with Gasteiger partial charge in [-0.05, 0) is 49.7 Å². The molecule has 6 heteroatoms. The number of rotatable bonds is 3. The molecule has 26 heavy (non-hydrogen) atoms. The summed E-state index contributed by atoms with van der Waals surface area (Å²) in [7, 11) is -1.16. The van der Waals surface area contributed by atoms with Gasteiger partial charge in [-0.2, -0.15) is 0 Å². The van der Waals surface area contributed by atoms with Crippen LogP contribution in [-0.4, -0.2) is 38.7 Å². The summed E-state index contributed by atoms with van der Waals surface area (Å²) < 4.78 is 28.3. The number of H-pyrrole nitrogens is 1. The molecule has 0 bridgehead atoms. The lowest BCUT2D eigenvalue weighted by Crippen LogP contribution is -2.54. The number of nitrogens with one attached hydrogen (secondary N) is 2. The first-order valence-electron chi connectivity index (χ1n) is 8.81. The van der Waals surface area contributed by atoms with E-state index in [1.165, 1.54) is 12.1 Å². The van der Waals surface area contributed by atoms with Crippen LogP contribution in [0.5, 0.6) is 0 Å². The Bertz CT molecular complexity index is 943. The van der Waals surface area contributed by atoms with Crippen molar-refractivity contribution in [2.24, 2.45) is 0 Å². The van der Waals surface area contributed by atoms with Crippen LogP contribution in [0.25, 0.3) is 22.0 Å². The Morgan fingerprint density at radius 1 is 1.08 bits per heavy atom. The van der Waals surface area contributed by atoms with Gasteiger partial charge >= 0.3 is 0 Å². The van der Waals surface area contributed by atoms with E-state index in [-0.39, 0.29) is 5.82 Å². The summed E-state index contributed by atoms with van der Waals surface area (Å²) >= 11 is 0. The fraction of sp³-hybridized carbons (Fsp3) is 0.300. The Labute approximate surface area is 155 Å². The number of hydrogen-bond donors (Lipinski definition) is 2. The van der Waals surface area contributed by atoms with Gasteiger partial charge in [0.05, 0.1) is 4.90 Å². The molecule has 1 aromatic heterocycles. The molecule has 4 nitrogen and oxygen atoms in total. The molecule has 0 aliphatic carbocycles. The first kappa shape index (κ1) is 17.4. The van der Waals surface area contributed by atoms with Crippen LogP contribution >= 0.6 is 0 Å². The number of aromatic nitrogens is 1. The minimum absolute atomic E-state index is 0.254.